The number of hydrogen-bond acceptors (Lipinski definition) is 3. The van der Waals surface area contributed by atoms with Crippen molar-refractivity contribution in [3.05, 3.63) is 12.7 Å². The number of carbonyl (C=O) groups excluding carboxylic acids is 1. The third-order valence-electron chi connectivity index (χ3n) is 2.00. The number of rotatable bonds is 5. The van der Waals surface area contributed by atoms with E-state index in [-0.39, 0.29) is 5.91 Å². The maximum atomic E-state index is 9.95. The zero-order valence-electron chi connectivity index (χ0n) is 10.4. The van der Waals surface area contributed by atoms with Crippen LogP contribution in [0.1, 0.15) is 13.3 Å². The highest BCUT2D eigenvalue weighted by Crippen LogP contribution is 2.12. The lowest BCUT2D eigenvalue weighted by atomic mass is 10.6. The molecule has 0 saturated carbocycles. The van der Waals surface area contributed by atoms with Crippen molar-refractivity contribution in [2.75, 3.05) is 21.3 Å². The summed E-state index contributed by atoms with van der Waals surface area (Å²) in [5, 5.41) is 2.36. The highest BCUT2D eigenvalue weighted by atomic mass is 28.4. The number of carbonyl (C=O) groups is 1. The maximum Gasteiger partial charge on any atom is 0.334 e. The monoisotopic (exact) mass is 233 g/mol. The molecule has 0 aliphatic rings. The van der Waals surface area contributed by atoms with Crippen LogP contribution in [0.3, 0.4) is 0 Å². The van der Waals surface area contributed by atoms with Gasteiger partial charge in [-0.15, -0.1) is 0 Å². The van der Waals surface area contributed by atoms with E-state index in [0.29, 0.717) is 0 Å². The first kappa shape index (κ1) is 16.8. The van der Waals surface area contributed by atoms with Gasteiger partial charge in [-0.1, -0.05) is 19.9 Å². The molecule has 0 aromatic heterocycles. The molecule has 5 heteroatoms. The highest BCUT2D eigenvalue weighted by molar-refractivity contribution is 6.65. The summed E-state index contributed by atoms with van der Waals surface area (Å²) in [7, 11) is 3.32. The second kappa shape index (κ2) is 9.89. The Morgan fingerprint density at radius 3 is 2.00 bits per heavy atom. The average Bonchev–Trinajstić information content (AvgIpc) is 2.29. The van der Waals surface area contributed by atoms with E-state index in [2.05, 4.69) is 25.4 Å². The molecule has 0 aliphatic heterocycles. The Morgan fingerprint density at radius 1 is 1.47 bits per heavy atom. The van der Waals surface area contributed by atoms with E-state index in [1.807, 2.05) is 0 Å². The molecule has 0 aromatic carbocycles. The van der Waals surface area contributed by atoms with Gasteiger partial charge in [-0.25, -0.2) is 0 Å². The van der Waals surface area contributed by atoms with Gasteiger partial charge in [-0.3, -0.25) is 4.79 Å². The summed E-state index contributed by atoms with van der Waals surface area (Å²) in [5.74, 6) is -0.144. The van der Waals surface area contributed by atoms with Crippen LogP contribution < -0.4 is 5.32 Å². The van der Waals surface area contributed by atoms with Gasteiger partial charge in [-0.2, -0.15) is 0 Å². The second-order valence-corrected chi connectivity index (χ2v) is 6.69. The summed E-state index contributed by atoms with van der Waals surface area (Å²) in [5.41, 5.74) is 0. The smallest absolute Gasteiger partial charge is 0.334 e. The van der Waals surface area contributed by atoms with E-state index in [0.717, 1.165) is 12.5 Å². The Bertz CT molecular complexity index is 182. The molecule has 0 saturated heterocycles. The van der Waals surface area contributed by atoms with Crippen LogP contribution in [0.5, 0.6) is 0 Å². The minimum absolute atomic E-state index is 0.144. The third-order valence-corrected chi connectivity index (χ3v) is 5.13. The van der Waals surface area contributed by atoms with Crippen molar-refractivity contribution < 1.29 is 13.6 Å². The van der Waals surface area contributed by atoms with E-state index >= 15 is 0 Å². The standard InChI is InChI=1S/C6H16O2Si.C4H7NO/c1-5-6-9(4,7-2)8-3;1-3-4(6)5-2/h5-6H2,1-4H3;3H,1H2,2H3,(H,5,6). The summed E-state index contributed by atoms with van der Waals surface area (Å²) >= 11 is 0. The molecule has 4 nitrogen and oxygen atoms in total. The highest BCUT2D eigenvalue weighted by Gasteiger charge is 2.26. The zero-order chi connectivity index (χ0) is 12.3. The fourth-order valence-electron chi connectivity index (χ4n) is 0.844. The van der Waals surface area contributed by atoms with Gasteiger partial charge in [0.05, 0.1) is 0 Å². The van der Waals surface area contributed by atoms with Gasteiger partial charge >= 0.3 is 8.56 Å². The van der Waals surface area contributed by atoms with E-state index in [9.17, 15) is 4.79 Å². The molecule has 0 aromatic rings. The van der Waals surface area contributed by atoms with E-state index in [1.165, 1.54) is 6.08 Å². The van der Waals surface area contributed by atoms with Gasteiger partial charge in [0.25, 0.3) is 0 Å². The molecule has 1 N–H and O–H groups in total. The van der Waals surface area contributed by atoms with E-state index < -0.39 is 8.56 Å². The molecule has 0 radical (unpaired) electrons. The number of amides is 1. The summed E-state index contributed by atoms with van der Waals surface area (Å²) in [4.78, 5) is 9.95. The van der Waals surface area contributed by atoms with Crippen LogP contribution in [0.15, 0.2) is 12.7 Å². The Kier molecular flexibility index (Phi) is 11.0. The van der Waals surface area contributed by atoms with Crippen molar-refractivity contribution in [3.8, 4) is 0 Å². The molecular formula is C10H23NO3Si. The van der Waals surface area contributed by atoms with Crippen LogP contribution in [0, 0.1) is 0 Å². The van der Waals surface area contributed by atoms with Crippen LogP contribution in [0.4, 0.5) is 0 Å². The molecular weight excluding hydrogens is 210 g/mol. The SMILES string of the molecule is C=CC(=O)NC.CCC[Si](C)(OC)OC. The normalized spacial score (nSPS) is 9.93. The minimum Gasteiger partial charge on any atom is -0.398 e. The zero-order valence-corrected chi connectivity index (χ0v) is 11.4. The third kappa shape index (κ3) is 9.65. The largest absolute Gasteiger partial charge is 0.398 e. The van der Waals surface area contributed by atoms with Crippen LogP contribution in [0.2, 0.25) is 12.6 Å². The predicted octanol–water partition coefficient (Wildman–Crippen LogP) is 1.68. The summed E-state index contributed by atoms with van der Waals surface area (Å²) < 4.78 is 10.5. The molecule has 0 unspecified atom stereocenters. The minimum atomic E-state index is -1.70. The summed E-state index contributed by atoms with van der Waals surface area (Å²) in [6, 6.07) is 1.08. The second-order valence-electron chi connectivity index (χ2n) is 3.11. The Hall–Kier alpha value is -0.653. The van der Waals surface area contributed by atoms with Gasteiger partial charge in [0.15, 0.2) is 0 Å². The molecule has 0 atom stereocenters. The maximum absolute atomic E-state index is 9.95. The van der Waals surface area contributed by atoms with Gasteiger partial charge in [0.1, 0.15) is 0 Å². The fourth-order valence-corrected chi connectivity index (χ4v) is 2.33. The summed E-state index contributed by atoms with van der Waals surface area (Å²) in [6.45, 7) is 7.44. The Balaban J connectivity index is 0. The fraction of sp³-hybridized carbons (Fsp3) is 0.700. The van der Waals surface area contributed by atoms with Crippen LogP contribution in [-0.2, 0) is 13.6 Å². The van der Waals surface area contributed by atoms with Gasteiger partial charge in [-0.05, 0) is 18.7 Å². The molecule has 0 aliphatic carbocycles. The molecule has 0 bridgehead atoms. The Morgan fingerprint density at radius 2 is 1.93 bits per heavy atom. The van der Waals surface area contributed by atoms with Gasteiger partial charge < -0.3 is 14.2 Å². The van der Waals surface area contributed by atoms with Gasteiger partial charge in [0, 0.05) is 21.3 Å². The van der Waals surface area contributed by atoms with E-state index in [4.69, 9.17) is 8.85 Å². The topological polar surface area (TPSA) is 47.6 Å². The first-order chi connectivity index (χ1) is 6.99. The molecule has 90 valence electrons. The average molecular weight is 233 g/mol. The van der Waals surface area contributed by atoms with Crippen LogP contribution in [-0.4, -0.2) is 35.7 Å². The predicted molar refractivity (Wildman–Crippen MR) is 65.0 cm³/mol. The van der Waals surface area contributed by atoms with Crippen LogP contribution in [0.25, 0.3) is 0 Å². The molecule has 15 heavy (non-hydrogen) atoms. The van der Waals surface area contributed by atoms with Crippen molar-refractivity contribution in [2.45, 2.75) is 25.9 Å². The molecule has 0 heterocycles. The van der Waals surface area contributed by atoms with E-state index in [1.54, 1.807) is 21.3 Å². The lowest BCUT2D eigenvalue weighted by molar-refractivity contribution is -0.116. The molecule has 1 amide bonds. The first-order valence-corrected chi connectivity index (χ1v) is 7.46. The van der Waals surface area contributed by atoms with Crippen molar-refractivity contribution in [3.63, 3.8) is 0 Å². The summed E-state index contributed by atoms with van der Waals surface area (Å²) in [6.07, 6.45) is 2.37. The van der Waals surface area contributed by atoms with Crippen molar-refractivity contribution in [2.24, 2.45) is 0 Å². The number of nitrogens with one attached hydrogen (secondary N) is 1. The number of likely N-dealkylation sites (N-methyl/N-ethyl adjacent to an activating group) is 1. The quantitative estimate of drug-likeness (QED) is 0.580. The van der Waals surface area contributed by atoms with Crippen molar-refractivity contribution in [1.82, 2.24) is 5.32 Å². The van der Waals surface area contributed by atoms with Crippen molar-refractivity contribution in [1.29, 1.82) is 0 Å². The lowest BCUT2D eigenvalue weighted by Crippen LogP contribution is -2.35. The molecule has 0 rings (SSSR count). The lowest BCUT2D eigenvalue weighted by Gasteiger charge is -2.21. The molecule has 0 spiro atoms. The first-order valence-electron chi connectivity index (χ1n) is 4.94. The van der Waals surface area contributed by atoms with Crippen LogP contribution >= 0.6 is 0 Å². The molecule has 0 fully saturated rings. The van der Waals surface area contributed by atoms with Gasteiger partial charge in [0.2, 0.25) is 5.91 Å². The van der Waals surface area contributed by atoms with Crippen molar-refractivity contribution >= 4 is 14.5 Å². The number of hydrogen-bond donors (Lipinski definition) is 1. The Labute approximate surface area is 93.9 Å².